The summed E-state index contributed by atoms with van der Waals surface area (Å²) in [6.45, 7) is 14.1. The van der Waals surface area contributed by atoms with Gasteiger partial charge in [-0.05, 0) is 49.1 Å². The molecule has 5 nitrogen and oxygen atoms in total. The maximum Gasteiger partial charge on any atom is 0.147 e. The summed E-state index contributed by atoms with van der Waals surface area (Å²) >= 11 is 0. The van der Waals surface area contributed by atoms with Crippen molar-refractivity contribution in [2.75, 3.05) is 18.4 Å². The number of aromatic nitrogens is 1. The molecule has 32 heavy (non-hydrogen) atoms. The highest BCUT2D eigenvalue weighted by atomic mass is 16.7. The van der Waals surface area contributed by atoms with Gasteiger partial charge in [0.2, 0.25) is 0 Å². The Labute approximate surface area is 192 Å². The van der Waals surface area contributed by atoms with Crippen LogP contribution in [0.5, 0.6) is 5.75 Å². The van der Waals surface area contributed by atoms with Gasteiger partial charge >= 0.3 is 0 Å². The Morgan fingerprint density at radius 3 is 2.41 bits per heavy atom. The average Bonchev–Trinajstić information content (AvgIpc) is 3.32. The molecule has 1 aromatic heterocycles. The second-order valence-electron chi connectivity index (χ2n) is 7.48. The minimum Gasteiger partial charge on any atom is -0.406 e. The normalized spacial score (nSPS) is 13.0. The van der Waals surface area contributed by atoms with Crippen molar-refractivity contribution in [1.29, 1.82) is 5.26 Å². The van der Waals surface area contributed by atoms with Crippen LogP contribution in [0.1, 0.15) is 57.2 Å². The summed E-state index contributed by atoms with van der Waals surface area (Å²) in [5.41, 5.74) is 3.24. The third-order valence-electron chi connectivity index (χ3n) is 4.53. The maximum absolute atomic E-state index is 9.46. The fraction of sp³-hybridized carbons (Fsp3) is 0.333. The van der Waals surface area contributed by atoms with Crippen molar-refractivity contribution in [3.05, 3.63) is 77.8 Å². The zero-order valence-electron chi connectivity index (χ0n) is 19.5. The predicted octanol–water partition coefficient (Wildman–Crippen LogP) is 5.91. The van der Waals surface area contributed by atoms with Crippen molar-refractivity contribution in [2.24, 2.45) is 5.92 Å². The summed E-state index contributed by atoms with van der Waals surface area (Å²) in [5, 5.41) is 14.6. The SMILES string of the molecule is C=C(/C=C\C(C)C)Nc1c(C#N)cncc1C#Cc1ccc(ON2CCCC2)cc1.CC. The molecule has 0 bridgehead atoms. The number of nitriles is 1. The van der Waals surface area contributed by atoms with Crippen LogP contribution in [0.2, 0.25) is 0 Å². The number of nitrogens with one attached hydrogen (secondary N) is 1. The first-order valence-corrected chi connectivity index (χ1v) is 11.1. The molecular formula is C27H32N4O. The highest BCUT2D eigenvalue weighted by Crippen LogP contribution is 2.21. The van der Waals surface area contributed by atoms with Crippen LogP contribution in [0.4, 0.5) is 5.69 Å². The van der Waals surface area contributed by atoms with Gasteiger partial charge in [-0.15, -0.1) is 5.06 Å². The summed E-state index contributed by atoms with van der Waals surface area (Å²) in [6.07, 6.45) is 9.48. The van der Waals surface area contributed by atoms with Crippen LogP contribution in [-0.2, 0) is 0 Å². The third-order valence-corrected chi connectivity index (χ3v) is 4.53. The van der Waals surface area contributed by atoms with E-state index in [0.717, 1.165) is 24.4 Å². The first kappa shape index (κ1) is 24.7. The average molecular weight is 429 g/mol. The van der Waals surface area contributed by atoms with Gasteiger partial charge in [-0.1, -0.05) is 52.2 Å². The molecule has 0 aliphatic carbocycles. The number of hydrogen-bond acceptors (Lipinski definition) is 5. The predicted molar refractivity (Wildman–Crippen MR) is 131 cm³/mol. The molecule has 1 aliphatic heterocycles. The molecule has 0 unspecified atom stereocenters. The van der Waals surface area contributed by atoms with E-state index in [9.17, 15) is 5.26 Å². The smallest absolute Gasteiger partial charge is 0.147 e. The minimum absolute atomic E-state index is 0.410. The largest absolute Gasteiger partial charge is 0.406 e. The topological polar surface area (TPSA) is 61.2 Å². The molecule has 1 aromatic carbocycles. The third kappa shape index (κ3) is 7.61. The summed E-state index contributed by atoms with van der Waals surface area (Å²) in [6, 6.07) is 9.86. The van der Waals surface area contributed by atoms with E-state index in [2.05, 4.69) is 48.6 Å². The van der Waals surface area contributed by atoms with Crippen molar-refractivity contribution < 1.29 is 4.84 Å². The number of nitrogens with zero attached hydrogens (tertiary/aromatic N) is 3. The molecule has 0 spiro atoms. The quantitative estimate of drug-likeness (QED) is 0.458. The molecular weight excluding hydrogens is 396 g/mol. The monoisotopic (exact) mass is 428 g/mol. The van der Waals surface area contributed by atoms with E-state index in [-0.39, 0.29) is 0 Å². The molecule has 1 aliphatic rings. The molecule has 0 radical (unpaired) electrons. The maximum atomic E-state index is 9.46. The van der Waals surface area contributed by atoms with Gasteiger partial charge in [-0.3, -0.25) is 4.98 Å². The number of hydroxylamine groups is 2. The second-order valence-corrected chi connectivity index (χ2v) is 7.48. The highest BCUT2D eigenvalue weighted by Gasteiger charge is 2.13. The Morgan fingerprint density at radius 1 is 1.12 bits per heavy atom. The lowest BCUT2D eigenvalue weighted by Crippen LogP contribution is -2.23. The molecule has 3 rings (SSSR count). The van der Waals surface area contributed by atoms with Gasteiger partial charge in [0.1, 0.15) is 11.8 Å². The summed E-state index contributed by atoms with van der Waals surface area (Å²) in [5.74, 6) is 7.49. The first-order valence-electron chi connectivity index (χ1n) is 11.1. The first-order chi connectivity index (χ1) is 15.5. The molecule has 1 saturated heterocycles. The number of benzene rings is 1. The Hall–Kier alpha value is -3.54. The molecule has 0 amide bonds. The van der Waals surface area contributed by atoms with Crippen molar-refractivity contribution in [3.8, 4) is 23.7 Å². The van der Waals surface area contributed by atoms with Gasteiger partial charge in [0.25, 0.3) is 0 Å². The van der Waals surface area contributed by atoms with E-state index < -0.39 is 0 Å². The van der Waals surface area contributed by atoms with E-state index in [1.54, 1.807) is 6.20 Å². The summed E-state index contributed by atoms with van der Waals surface area (Å²) in [7, 11) is 0. The van der Waals surface area contributed by atoms with Gasteiger partial charge in [0.15, 0.2) is 0 Å². The lowest BCUT2D eigenvalue weighted by Gasteiger charge is -2.15. The Balaban J connectivity index is 0.00000176. The fourth-order valence-electron chi connectivity index (χ4n) is 2.95. The van der Waals surface area contributed by atoms with Gasteiger partial charge in [0, 0.05) is 36.7 Å². The zero-order valence-corrected chi connectivity index (χ0v) is 19.5. The van der Waals surface area contributed by atoms with Crippen LogP contribution >= 0.6 is 0 Å². The van der Waals surface area contributed by atoms with Crippen molar-refractivity contribution >= 4 is 5.69 Å². The Morgan fingerprint density at radius 2 is 1.78 bits per heavy atom. The molecule has 2 aromatic rings. The molecule has 0 saturated carbocycles. The van der Waals surface area contributed by atoms with Crippen LogP contribution in [0, 0.1) is 29.1 Å². The van der Waals surface area contributed by atoms with Crippen LogP contribution in [-0.4, -0.2) is 23.1 Å². The molecule has 5 heteroatoms. The van der Waals surface area contributed by atoms with E-state index in [1.807, 2.05) is 55.3 Å². The van der Waals surface area contributed by atoms with E-state index in [1.165, 1.54) is 19.0 Å². The molecule has 2 heterocycles. The molecule has 0 atom stereocenters. The molecule has 1 N–H and O–H groups in total. The molecule has 1 fully saturated rings. The number of pyridine rings is 1. The van der Waals surface area contributed by atoms with Crippen molar-refractivity contribution in [1.82, 2.24) is 10.0 Å². The van der Waals surface area contributed by atoms with Gasteiger partial charge in [0.05, 0.1) is 16.8 Å². The van der Waals surface area contributed by atoms with Crippen LogP contribution in [0.25, 0.3) is 0 Å². The Kier molecular flexibility index (Phi) is 10.0. The van der Waals surface area contributed by atoms with Crippen LogP contribution < -0.4 is 10.2 Å². The highest BCUT2D eigenvalue weighted by molar-refractivity contribution is 5.69. The van der Waals surface area contributed by atoms with Crippen LogP contribution in [0.15, 0.2) is 61.1 Å². The number of rotatable bonds is 6. The Bertz CT molecular complexity index is 1010. The van der Waals surface area contributed by atoms with Gasteiger partial charge < -0.3 is 10.2 Å². The number of allylic oxidation sites excluding steroid dienone is 2. The minimum atomic E-state index is 0.410. The summed E-state index contributed by atoms with van der Waals surface area (Å²) in [4.78, 5) is 9.98. The van der Waals surface area contributed by atoms with Gasteiger partial charge in [-0.2, -0.15) is 5.26 Å². The van der Waals surface area contributed by atoms with E-state index >= 15 is 0 Å². The standard InChI is InChI=1S/C25H26N4O.C2H6/c1-19(2)6-7-20(3)28-25-22(17-27-18-23(25)16-26)11-8-21-9-12-24(13-10-21)30-29-14-4-5-15-29;1-2/h6-7,9-10,12-13,17-19H,3-5,14-15H2,1-2H3,(H,27,28);1-2H3/b7-6-;. The van der Waals surface area contributed by atoms with Gasteiger partial charge in [-0.25, -0.2) is 0 Å². The zero-order chi connectivity index (χ0) is 23.3. The summed E-state index contributed by atoms with van der Waals surface area (Å²) < 4.78 is 0. The van der Waals surface area contributed by atoms with Crippen molar-refractivity contribution in [3.63, 3.8) is 0 Å². The lowest BCUT2D eigenvalue weighted by atomic mass is 10.1. The van der Waals surface area contributed by atoms with E-state index in [0.29, 0.717) is 28.4 Å². The number of hydrogen-bond donors (Lipinski definition) is 1. The van der Waals surface area contributed by atoms with Crippen LogP contribution in [0.3, 0.4) is 0 Å². The molecule has 166 valence electrons. The second kappa shape index (κ2) is 13.0. The fourth-order valence-corrected chi connectivity index (χ4v) is 2.95. The van der Waals surface area contributed by atoms with Crippen molar-refractivity contribution in [2.45, 2.75) is 40.5 Å². The lowest BCUT2D eigenvalue weighted by molar-refractivity contribution is -0.0346. The van der Waals surface area contributed by atoms with E-state index in [4.69, 9.17) is 4.84 Å². The number of anilines is 1.